The normalized spacial score (nSPS) is 14.0. The molecule has 1 rings (SSSR count). The van der Waals surface area contributed by atoms with Crippen molar-refractivity contribution in [3.05, 3.63) is 35.9 Å². The van der Waals surface area contributed by atoms with Crippen molar-refractivity contribution in [2.24, 2.45) is 0 Å². The maximum atomic E-state index is 11.1. The molecule has 0 aliphatic rings. The number of nitrogens with zero attached hydrogens (tertiary/aromatic N) is 1. The van der Waals surface area contributed by atoms with E-state index in [9.17, 15) is 4.79 Å². The van der Waals surface area contributed by atoms with Crippen molar-refractivity contribution in [3.8, 4) is 6.07 Å². The van der Waals surface area contributed by atoms with Gasteiger partial charge in [0.15, 0.2) is 5.41 Å². The Labute approximate surface area is 82.6 Å². The van der Waals surface area contributed by atoms with Crippen molar-refractivity contribution in [2.45, 2.75) is 18.8 Å². The second-order valence-corrected chi connectivity index (χ2v) is 3.04. The van der Waals surface area contributed by atoms with E-state index < -0.39 is 11.4 Å². The number of benzene rings is 1. The van der Waals surface area contributed by atoms with E-state index in [0.29, 0.717) is 5.56 Å². The van der Waals surface area contributed by atoms with Gasteiger partial charge in [-0.05, 0) is 12.0 Å². The van der Waals surface area contributed by atoms with Crippen LogP contribution in [0.4, 0.5) is 0 Å². The molecule has 1 N–H and O–H groups in total. The molecule has 0 aliphatic carbocycles. The Balaban J connectivity index is 3.27. The van der Waals surface area contributed by atoms with E-state index in [-0.39, 0.29) is 6.42 Å². The molecule has 72 valence electrons. The lowest BCUT2D eigenvalue weighted by Crippen LogP contribution is -2.33. The Hall–Kier alpha value is -1.82. The number of nitriles is 1. The lowest BCUT2D eigenvalue weighted by molar-refractivity contribution is -0.141. The molecule has 1 unspecified atom stereocenters. The molecule has 0 aliphatic heterocycles. The molecule has 0 bridgehead atoms. The van der Waals surface area contributed by atoms with E-state index in [1.54, 1.807) is 37.3 Å². The highest BCUT2D eigenvalue weighted by Crippen LogP contribution is 2.27. The molecule has 1 aromatic carbocycles. The largest absolute Gasteiger partial charge is 0.480 e. The molecule has 0 heterocycles. The number of hydrogen-bond donors (Lipinski definition) is 1. The van der Waals surface area contributed by atoms with Gasteiger partial charge < -0.3 is 5.11 Å². The molecule has 0 aromatic heterocycles. The molecule has 0 saturated carbocycles. The van der Waals surface area contributed by atoms with Gasteiger partial charge in [0, 0.05) is 0 Å². The van der Waals surface area contributed by atoms with Crippen LogP contribution in [0.15, 0.2) is 30.3 Å². The summed E-state index contributed by atoms with van der Waals surface area (Å²) in [5, 5.41) is 18.0. The zero-order valence-electron chi connectivity index (χ0n) is 7.90. The zero-order valence-corrected chi connectivity index (χ0v) is 7.90. The Morgan fingerprint density at radius 3 is 2.43 bits per heavy atom. The minimum Gasteiger partial charge on any atom is -0.480 e. The minimum absolute atomic E-state index is 0.267. The molecule has 0 spiro atoms. The maximum Gasteiger partial charge on any atom is 0.328 e. The van der Waals surface area contributed by atoms with Crippen LogP contribution in [0, 0.1) is 11.3 Å². The van der Waals surface area contributed by atoms with Crippen LogP contribution in [-0.2, 0) is 10.2 Å². The molecule has 3 nitrogen and oxygen atoms in total. The summed E-state index contributed by atoms with van der Waals surface area (Å²) in [7, 11) is 0. The summed E-state index contributed by atoms with van der Waals surface area (Å²) in [5.41, 5.74) is -0.862. The van der Waals surface area contributed by atoms with Gasteiger partial charge in [-0.2, -0.15) is 5.26 Å². The van der Waals surface area contributed by atoms with Crippen LogP contribution in [0.5, 0.6) is 0 Å². The second kappa shape index (κ2) is 3.93. The summed E-state index contributed by atoms with van der Waals surface area (Å²) in [5.74, 6) is -1.09. The first kappa shape index (κ1) is 10.3. The Morgan fingerprint density at radius 1 is 1.50 bits per heavy atom. The van der Waals surface area contributed by atoms with Crippen molar-refractivity contribution >= 4 is 5.97 Å². The zero-order chi connectivity index (χ0) is 10.6. The van der Waals surface area contributed by atoms with E-state index in [1.807, 2.05) is 6.07 Å². The number of aliphatic carboxylic acids is 1. The van der Waals surface area contributed by atoms with Gasteiger partial charge >= 0.3 is 5.97 Å². The third kappa shape index (κ3) is 1.47. The van der Waals surface area contributed by atoms with Crippen molar-refractivity contribution in [1.29, 1.82) is 5.26 Å². The summed E-state index contributed by atoms with van der Waals surface area (Å²) in [6.07, 6.45) is 0.267. The van der Waals surface area contributed by atoms with Gasteiger partial charge in [-0.15, -0.1) is 0 Å². The van der Waals surface area contributed by atoms with E-state index in [2.05, 4.69) is 0 Å². The average Bonchev–Trinajstić information content (AvgIpc) is 2.22. The fourth-order valence-corrected chi connectivity index (χ4v) is 1.39. The molecule has 1 atom stereocenters. The number of rotatable bonds is 3. The fourth-order valence-electron chi connectivity index (χ4n) is 1.39. The Kier molecular flexibility index (Phi) is 2.88. The highest BCUT2D eigenvalue weighted by Gasteiger charge is 2.38. The average molecular weight is 189 g/mol. The summed E-state index contributed by atoms with van der Waals surface area (Å²) >= 11 is 0. The highest BCUT2D eigenvalue weighted by atomic mass is 16.4. The standard InChI is InChI=1S/C11H11NO2/c1-2-11(8-12,10(13)14)9-6-4-3-5-7-9/h3-7H,2H2,1H3,(H,13,14). The SMILES string of the molecule is CCC(C#N)(C(=O)O)c1ccccc1. The fraction of sp³-hybridized carbons (Fsp3) is 0.273. The lowest BCUT2D eigenvalue weighted by Gasteiger charge is -2.19. The first-order chi connectivity index (χ1) is 6.67. The van der Waals surface area contributed by atoms with Crippen molar-refractivity contribution in [1.82, 2.24) is 0 Å². The Morgan fingerprint density at radius 2 is 2.07 bits per heavy atom. The molecule has 3 heteroatoms. The van der Waals surface area contributed by atoms with Crippen LogP contribution in [0.3, 0.4) is 0 Å². The third-order valence-electron chi connectivity index (χ3n) is 2.35. The smallest absolute Gasteiger partial charge is 0.328 e. The highest BCUT2D eigenvalue weighted by molar-refractivity contribution is 5.85. The van der Waals surface area contributed by atoms with Gasteiger partial charge in [-0.25, -0.2) is 0 Å². The maximum absolute atomic E-state index is 11.1. The quantitative estimate of drug-likeness (QED) is 0.790. The second-order valence-electron chi connectivity index (χ2n) is 3.04. The number of hydrogen-bond acceptors (Lipinski definition) is 2. The monoisotopic (exact) mass is 189 g/mol. The first-order valence-electron chi connectivity index (χ1n) is 4.37. The summed E-state index contributed by atoms with van der Waals surface area (Å²) in [6, 6.07) is 10.5. The molecule has 0 amide bonds. The van der Waals surface area contributed by atoms with Crippen LogP contribution < -0.4 is 0 Å². The van der Waals surface area contributed by atoms with Gasteiger partial charge in [0.05, 0.1) is 6.07 Å². The van der Waals surface area contributed by atoms with Crippen molar-refractivity contribution in [2.75, 3.05) is 0 Å². The predicted molar refractivity (Wildman–Crippen MR) is 51.7 cm³/mol. The molecule has 1 aromatic rings. The lowest BCUT2D eigenvalue weighted by atomic mass is 9.80. The van der Waals surface area contributed by atoms with Crippen LogP contribution in [0.2, 0.25) is 0 Å². The number of carboxylic acid groups (broad SMARTS) is 1. The van der Waals surface area contributed by atoms with Crippen LogP contribution >= 0.6 is 0 Å². The third-order valence-corrected chi connectivity index (χ3v) is 2.35. The van der Waals surface area contributed by atoms with Crippen LogP contribution in [0.25, 0.3) is 0 Å². The molecule has 0 radical (unpaired) electrons. The summed E-state index contributed by atoms with van der Waals surface area (Å²) in [6.45, 7) is 1.70. The number of carboxylic acids is 1. The molecule has 0 fully saturated rings. The predicted octanol–water partition coefficient (Wildman–Crippen LogP) is 1.94. The van der Waals surface area contributed by atoms with Gasteiger partial charge in [0.25, 0.3) is 0 Å². The number of carbonyl (C=O) groups is 1. The topological polar surface area (TPSA) is 61.1 Å². The van der Waals surface area contributed by atoms with Crippen molar-refractivity contribution < 1.29 is 9.90 Å². The Bertz CT molecular complexity index is 367. The van der Waals surface area contributed by atoms with Crippen LogP contribution in [-0.4, -0.2) is 11.1 Å². The van der Waals surface area contributed by atoms with E-state index >= 15 is 0 Å². The summed E-state index contributed by atoms with van der Waals surface area (Å²) < 4.78 is 0. The molecule has 14 heavy (non-hydrogen) atoms. The van der Waals surface area contributed by atoms with Gasteiger partial charge in [-0.3, -0.25) is 4.79 Å². The first-order valence-corrected chi connectivity index (χ1v) is 4.37. The van der Waals surface area contributed by atoms with Gasteiger partial charge in [0.1, 0.15) is 0 Å². The minimum atomic E-state index is -1.40. The molecular weight excluding hydrogens is 178 g/mol. The van der Waals surface area contributed by atoms with Gasteiger partial charge in [-0.1, -0.05) is 37.3 Å². The van der Waals surface area contributed by atoms with Crippen molar-refractivity contribution in [3.63, 3.8) is 0 Å². The molecular formula is C11H11NO2. The van der Waals surface area contributed by atoms with Gasteiger partial charge in [0.2, 0.25) is 0 Å². The summed E-state index contributed by atoms with van der Waals surface area (Å²) in [4.78, 5) is 11.1. The van der Waals surface area contributed by atoms with E-state index in [1.165, 1.54) is 0 Å². The van der Waals surface area contributed by atoms with E-state index in [4.69, 9.17) is 10.4 Å². The van der Waals surface area contributed by atoms with Crippen LogP contribution in [0.1, 0.15) is 18.9 Å². The molecule has 0 saturated heterocycles. The van der Waals surface area contributed by atoms with E-state index in [0.717, 1.165) is 0 Å².